The zero-order valence-corrected chi connectivity index (χ0v) is 14.4. The van der Waals surface area contributed by atoms with Gasteiger partial charge in [0.25, 0.3) is 0 Å². The lowest BCUT2D eigenvalue weighted by Gasteiger charge is -2.18. The fourth-order valence-electron chi connectivity index (χ4n) is 2.04. The van der Waals surface area contributed by atoms with Crippen LogP contribution in [0, 0.1) is 6.92 Å². The van der Waals surface area contributed by atoms with E-state index in [2.05, 4.69) is 45.3 Å². The van der Waals surface area contributed by atoms with Crippen LogP contribution in [0.25, 0.3) is 0 Å². The SMILES string of the molecule is Cc1cc(Cl)nc(Cl)c1NC(C)Cc1ccc(Br)cc1. The Morgan fingerprint density at radius 1 is 1.25 bits per heavy atom. The summed E-state index contributed by atoms with van der Waals surface area (Å²) in [7, 11) is 0. The van der Waals surface area contributed by atoms with Crippen LogP contribution < -0.4 is 5.32 Å². The van der Waals surface area contributed by atoms with E-state index < -0.39 is 0 Å². The number of hydrogen-bond donors (Lipinski definition) is 1. The van der Waals surface area contributed by atoms with Crippen molar-refractivity contribution in [1.29, 1.82) is 0 Å². The standard InChI is InChI=1S/C15H15BrCl2N2/c1-9-7-13(17)20-15(18)14(9)19-10(2)8-11-3-5-12(16)6-4-11/h3-7,10,19H,8H2,1-2H3. The molecule has 1 unspecified atom stereocenters. The van der Waals surface area contributed by atoms with E-state index in [4.69, 9.17) is 23.2 Å². The number of benzene rings is 1. The minimum atomic E-state index is 0.246. The highest BCUT2D eigenvalue weighted by Crippen LogP contribution is 2.27. The average molecular weight is 374 g/mol. The summed E-state index contributed by atoms with van der Waals surface area (Å²) in [4.78, 5) is 4.07. The fourth-order valence-corrected chi connectivity index (χ4v) is 2.89. The van der Waals surface area contributed by atoms with Gasteiger partial charge < -0.3 is 5.32 Å². The molecule has 1 aromatic carbocycles. The molecule has 2 aromatic rings. The molecule has 5 heteroatoms. The van der Waals surface area contributed by atoms with Crippen LogP contribution >= 0.6 is 39.1 Å². The van der Waals surface area contributed by atoms with E-state index in [-0.39, 0.29) is 6.04 Å². The minimum Gasteiger partial charge on any atom is -0.380 e. The topological polar surface area (TPSA) is 24.9 Å². The second-order valence-electron chi connectivity index (χ2n) is 4.80. The van der Waals surface area contributed by atoms with Gasteiger partial charge in [0.05, 0.1) is 5.69 Å². The van der Waals surface area contributed by atoms with E-state index in [9.17, 15) is 0 Å². The molecule has 1 N–H and O–H groups in total. The zero-order chi connectivity index (χ0) is 14.7. The molecule has 20 heavy (non-hydrogen) atoms. The molecule has 0 spiro atoms. The summed E-state index contributed by atoms with van der Waals surface area (Å²) in [6, 6.07) is 10.4. The third-order valence-electron chi connectivity index (χ3n) is 2.99. The summed E-state index contributed by atoms with van der Waals surface area (Å²) in [5.41, 5.74) is 3.11. The first-order chi connectivity index (χ1) is 9.45. The van der Waals surface area contributed by atoms with Crippen LogP contribution in [0.2, 0.25) is 10.3 Å². The molecule has 0 bridgehead atoms. The number of nitrogens with one attached hydrogen (secondary N) is 1. The smallest absolute Gasteiger partial charge is 0.154 e. The molecule has 0 saturated carbocycles. The first-order valence-electron chi connectivity index (χ1n) is 6.29. The molecular weight excluding hydrogens is 359 g/mol. The Balaban J connectivity index is 2.08. The van der Waals surface area contributed by atoms with Crippen LogP contribution in [0.4, 0.5) is 5.69 Å². The van der Waals surface area contributed by atoms with Crippen molar-refractivity contribution >= 4 is 44.8 Å². The molecule has 106 valence electrons. The summed E-state index contributed by atoms with van der Waals surface area (Å²) < 4.78 is 1.09. The molecule has 0 saturated heterocycles. The van der Waals surface area contributed by atoms with E-state index in [1.54, 1.807) is 0 Å². The number of aromatic nitrogens is 1. The molecule has 0 fully saturated rings. The number of nitrogens with zero attached hydrogens (tertiary/aromatic N) is 1. The first-order valence-corrected chi connectivity index (χ1v) is 7.84. The predicted octanol–water partition coefficient (Wildman–Crippen LogP) is 5.50. The Bertz CT molecular complexity index is 576. The lowest BCUT2D eigenvalue weighted by Crippen LogP contribution is -2.19. The number of rotatable bonds is 4. The largest absolute Gasteiger partial charge is 0.380 e. The molecule has 2 rings (SSSR count). The summed E-state index contributed by atoms with van der Waals surface area (Å²) in [6.07, 6.45) is 0.908. The van der Waals surface area contributed by atoms with Crippen molar-refractivity contribution in [3.8, 4) is 0 Å². The van der Waals surface area contributed by atoms with Crippen LogP contribution in [-0.4, -0.2) is 11.0 Å². The minimum absolute atomic E-state index is 0.246. The highest BCUT2D eigenvalue weighted by atomic mass is 79.9. The van der Waals surface area contributed by atoms with Gasteiger partial charge in [-0.3, -0.25) is 0 Å². The number of aryl methyl sites for hydroxylation is 1. The zero-order valence-electron chi connectivity index (χ0n) is 11.3. The van der Waals surface area contributed by atoms with E-state index in [1.165, 1.54) is 5.56 Å². The first kappa shape index (κ1) is 15.6. The van der Waals surface area contributed by atoms with Crippen molar-refractivity contribution in [1.82, 2.24) is 4.98 Å². The maximum atomic E-state index is 6.14. The number of pyridine rings is 1. The third kappa shape index (κ3) is 4.11. The second-order valence-corrected chi connectivity index (χ2v) is 6.46. The molecular formula is C15H15BrCl2N2. The van der Waals surface area contributed by atoms with Gasteiger partial charge in [0.1, 0.15) is 5.15 Å². The second kappa shape index (κ2) is 6.79. The van der Waals surface area contributed by atoms with Gasteiger partial charge in [0.2, 0.25) is 0 Å². The van der Waals surface area contributed by atoms with Crippen molar-refractivity contribution in [3.05, 3.63) is 56.2 Å². The lowest BCUT2D eigenvalue weighted by atomic mass is 10.1. The van der Waals surface area contributed by atoms with Gasteiger partial charge in [-0.15, -0.1) is 0 Å². The highest BCUT2D eigenvalue weighted by molar-refractivity contribution is 9.10. The van der Waals surface area contributed by atoms with Gasteiger partial charge in [0.15, 0.2) is 5.15 Å². The number of anilines is 1. The van der Waals surface area contributed by atoms with Gasteiger partial charge in [-0.25, -0.2) is 4.98 Å². The van der Waals surface area contributed by atoms with E-state index >= 15 is 0 Å². The summed E-state index contributed by atoms with van der Waals surface area (Å²) in [5, 5.41) is 4.23. The van der Waals surface area contributed by atoms with E-state index in [1.807, 2.05) is 25.1 Å². The Morgan fingerprint density at radius 3 is 2.50 bits per heavy atom. The maximum absolute atomic E-state index is 6.14. The molecule has 0 aliphatic rings. The summed E-state index contributed by atoms with van der Waals surface area (Å²) >= 11 is 15.5. The van der Waals surface area contributed by atoms with Crippen LogP contribution in [0.5, 0.6) is 0 Å². The van der Waals surface area contributed by atoms with Crippen molar-refractivity contribution in [3.63, 3.8) is 0 Å². The molecule has 1 atom stereocenters. The van der Waals surface area contributed by atoms with Gasteiger partial charge in [-0.1, -0.05) is 51.3 Å². The summed E-state index contributed by atoms with van der Waals surface area (Å²) in [6.45, 7) is 4.08. The van der Waals surface area contributed by atoms with Crippen molar-refractivity contribution in [2.24, 2.45) is 0 Å². The normalized spacial score (nSPS) is 12.2. The number of halogens is 3. The molecule has 1 heterocycles. The molecule has 1 aromatic heterocycles. The van der Waals surface area contributed by atoms with Gasteiger partial charge >= 0.3 is 0 Å². The molecule has 2 nitrogen and oxygen atoms in total. The van der Waals surface area contributed by atoms with E-state index in [0.717, 1.165) is 22.1 Å². The van der Waals surface area contributed by atoms with Gasteiger partial charge in [0, 0.05) is 10.5 Å². The van der Waals surface area contributed by atoms with Crippen LogP contribution in [0.15, 0.2) is 34.8 Å². The Hall–Kier alpha value is -0.770. The summed E-state index contributed by atoms with van der Waals surface area (Å²) in [5.74, 6) is 0. The number of hydrogen-bond acceptors (Lipinski definition) is 2. The predicted molar refractivity (Wildman–Crippen MR) is 89.9 cm³/mol. The maximum Gasteiger partial charge on any atom is 0.154 e. The molecule has 0 aliphatic carbocycles. The van der Waals surface area contributed by atoms with Crippen LogP contribution in [0.1, 0.15) is 18.1 Å². The highest BCUT2D eigenvalue weighted by Gasteiger charge is 2.11. The van der Waals surface area contributed by atoms with Crippen LogP contribution in [0.3, 0.4) is 0 Å². The van der Waals surface area contributed by atoms with Gasteiger partial charge in [-0.05, 0) is 49.6 Å². The monoisotopic (exact) mass is 372 g/mol. The molecule has 0 aliphatic heterocycles. The van der Waals surface area contributed by atoms with Crippen molar-refractivity contribution < 1.29 is 0 Å². The quantitative estimate of drug-likeness (QED) is 0.715. The van der Waals surface area contributed by atoms with Crippen molar-refractivity contribution in [2.45, 2.75) is 26.3 Å². The molecule has 0 radical (unpaired) electrons. The van der Waals surface area contributed by atoms with Crippen molar-refractivity contribution in [2.75, 3.05) is 5.32 Å². The average Bonchev–Trinajstić information content (AvgIpc) is 2.36. The lowest BCUT2D eigenvalue weighted by molar-refractivity contribution is 0.788. The fraction of sp³-hybridized carbons (Fsp3) is 0.267. The Kier molecular flexibility index (Phi) is 5.30. The third-order valence-corrected chi connectivity index (χ3v) is 3.98. The van der Waals surface area contributed by atoms with Crippen LogP contribution in [-0.2, 0) is 6.42 Å². The Labute approximate surface area is 137 Å². The molecule has 0 amide bonds. The Morgan fingerprint density at radius 2 is 1.90 bits per heavy atom. The van der Waals surface area contributed by atoms with Gasteiger partial charge in [-0.2, -0.15) is 0 Å². The van der Waals surface area contributed by atoms with E-state index in [0.29, 0.717) is 10.3 Å².